The molecule has 1 saturated carbocycles. The number of rotatable bonds is 7. The number of aliphatic hydroxyl groups excluding tert-OH is 1. The molecule has 0 aromatic heterocycles. The summed E-state index contributed by atoms with van der Waals surface area (Å²) in [6, 6.07) is -0.122. The molecule has 4 nitrogen and oxygen atoms in total. The minimum absolute atomic E-state index is 0.122. The highest BCUT2D eigenvalue weighted by Crippen LogP contribution is 2.30. The van der Waals surface area contributed by atoms with E-state index in [0.29, 0.717) is 12.8 Å². The molecule has 1 aliphatic carbocycles. The van der Waals surface area contributed by atoms with Gasteiger partial charge in [0.25, 0.3) is 0 Å². The molecule has 0 aliphatic heterocycles. The Labute approximate surface area is 104 Å². The average molecular weight is 269 g/mol. The Morgan fingerprint density at radius 1 is 1.50 bits per heavy atom. The number of nitrogens with zero attached hydrogens (tertiary/aromatic N) is 1. The van der Waals surface area contributed by atoms with Gasteiger partial charge in [-0.3, -0.25) is 9.69 Å². The Bertz CT molecular complexity index is 279. The van der Waals surface area contributed by atoms with Crippen molar-refractivity contribution in [2.24, 2.45) is 0 Å². The Hall–Kier alpha value is -0.820. The predicted octanol–water partition coefficient (Wildman–Crippen LogP) is 1.33. The van der Waals surface area contributed by atoms with Crippen LogP contribution in [0, 0.1) is 0 Å². The fraction of sp³-hybridized carbons (Fsp3) is 0.909. The molecule has 0 bridgehead atoms. The second-order valence-corrected chi connectivity index (χ2v) is 4.44. The molecule has 18 heavy (non-hydrogen) atoms. The third-order valence-corrected chi connectivity index (χ3v) is 2.60. The number of aliphatic hydroxyl groups is 1. The molecule has 7 heteroatoms. The summed E-state index contributed by atoms with van der Waals surface area (Å²) in [5.74, 6) is -0.590. The van der Waals surface area contributed by atoms with Crippen LogP contribution in [0.4, 0.5) is 13.2 Å². The molecule has 0 amide bonds. The van der Waals surface area contributed by atoms with Gasteiger partial charge in [-0.2, -0.15) is 13.2 Å². The lowest BCUT2D eigenvalue weighted by Gasteiger charge is -2.25. The summed E-state index contributed by atoms with van der Waals surface area (Å²) in [5, 5.41) is 9.58. The second-order valence-electron chi connectivity index (χ2n) is 4.44. The molecular formula is C11H18F3NO3. The van der Waals surface area contributed by atoms with Crippen LogP contribution >= 0.6 is 0 Å². The molecule has 1 N–H and O–H groups in total. The fourth-order valence-corrected chi connectivity index (χ4v) is 1.76. The lowest BCUT2D eigenvalue weighted by Crippen LogP contribution is -2.41. The molecule has 0 saturated heterocycles. The van der Waals surface area contributed by atoms with Gasteiger partial charge < -0.3 is 9.84 Å². The maximum Gasteiger partial charge on any atom is 0.401 e. The first kappa shape index (κ1) is 15.2. The number of hydrogen-bond acceptors (Lipinski definition) is 4. The van der Waals surface area contributed by atoms with Crippen LogP contribution in [0.3, 0.4) is 0 Å². The zero-order valence-electron chi connectivity index (χ0n) is 10.2. The highest BCUT2D eigenvalue weighted by Gasteiger charge is 2.38. The monoisotopic (exact) mass is 269 g/mol. The fourth-order valence-electron chi connectivity index (χ4n) is 1.76. The minimum Gasteiger partial charge on any atom is -0.466 e. The summed E-state index contributed by atoms with van der Waals surface area (Å²) in [6.07, 6.45) is -4.25. The number of carbonyl (C=O) groups excluding carboxylic acids is 1. The Morgan fingerprint density at radius 3 is 2.56 bits per heavy atom. The first-order valence-corrected chi connectivity index (χ1v) is 5.96. The summed E-state index contributed by atoms with van der Waals surface area (Å²) in [4.78, 5) is 12.3. The second kappa shape index (κ2) is 6.38. The van der Waals surface area contributed by atoms with Gasteiger partial charge in [0.2, 0.25) is 0 Å². The van der Waals surface area contributed by atoms with Crippen LogP contribution < -0.4 is 0 Å². The molecule has 0 aromatic carbocycles. The van der Waals surface area contributed by atoms with Gasteiger partial charge in [-0.1, -0.05) is 0 Å². The van der Waals surface area contributed by atoms with E-state index in [0.717, 1.165) is 0 Å². The van der Waals surface area contributed by atoms with E-state index in [1.54, 1.807) is 6.92 Å². The van der Waals surface area contributed by atoms with E-state index in [1.165, 1.54) is 4.90 Å². The molecule has 1 aliphatic rings. The van der Waals surface area contributed by atoms with E-state index in [4.69, 9.17) is 0 Å². The molecule has 106 valence electrons. The molecule has 1 atom stereocenters. The molecule has 0 radical (unpaired) electrons. The number of alkyl halides is 3. The number of esters is 1. The van der Waals surface area contributed by atoms with Crippen molar-refractivity contribution in [2.45, 2.75) is 44.5 Å². The molecule has 1 rings (SSSR count). The summed E-state index contributed by atoms with van der Waals surface area (Å²) in [5.41, 5.74) is 0. The topological polar surface area (TPSA) is 49.8 Å². The summed E-state index contributed by atoms with van der Waals surface area (Å²) in [6.45, 7) is 0.630. The normalized spacial score (nSPS) is 17.9. The predicted molar refractivity (Wildman–Crippen MR) is 57.9 cm³/mol. The number of ether oxygens (including phenoxy) is 1. The van der Waals surface area contributed by atoms with E-state index >= 15 is 0 Å². The van der Waals surface area contributed by atoms with Gasteiger partial charge >= 0.3 is 12.1 Å². The van der Waals surface area contributed by atoms with Crippen LogP contribution in [0.25, 0.3) is 0 Å². The zero-order chi connectivity index (χ0) is 13.8. The number of carbonyl (C=O) groups is 1. The summed E-state index contributed by atoms with van der Waals surface area (Å²) >= 11 is 0. The van der Waals surface area contributed by atoms with Crippen molar-refractivity contribution >= 4 is 5.97 Å². The first-order valence-electron chi connectivity index (χ1n) is 5.96. The van der Waals surface area contributed by atoms with Crippen molar-refractivity contribution in [3.05, 3.63) is 0 Å². The molecule has 0 aromatic rings. The average Bonchev–Trinajstić information content (AvgIpc) is 2.96. The highest BCUT2D eigenvalue weighted by atomic mass is 19.4. The van der Waals surface area contributed by atoms with Crippen molar-refractivity contribution < 1.29 is 27.8 Å². The van der Waals surface area contributed by atoms with Crippen molar-refractivity contribution in [1.29, 1.82) is 0 Å². The largest absolute Gasteiger partial charge is 0.466 e. The van der Waals surface area contributed by atoms with Crippen molar-refractivity contribution in [3.63, 3.8) is 0 Å². The molecule has 0 heterocycles. The van der Waals surface area contributed by atoms with Gasteiger partial charge in [0, 0.05) is 12.6 Å². The van der Waals surface area contributed by atoms with Crippen LogP contribution in [0.15, 0.2) is 0 Å². The SMILES string of the molecule is CCOC(=O)CC(O)CN(CC(F)(F)F)C1CC1. The quantitative estimate of drug-likeness (QED) is 0.708. The van der Waals surface area contributed by atoms with Crippen molar-refractivity contribution in [3.8, 4) is 0 Å². The maximum atomic E-state index is 12.3. The van der Waals surface area contributed by atoms with Crippen molar-refractivity contribution in [1.82, 2.24) is 4.90 Å². The van der Waals surface area contributed by atoms with Gasteiger partial charge in [0.05, 0.1) is 25.7 Å². The van der Waals surface area contributed by atoms with E-state index in [1.807, 2.05) is 0 Å². The van der Waals surface area contributed by atoms with Crippen LogP contribution in [0.2, 0.25) is 0 Å². The number of halogens is 3. The van der Waals surface area contributed by atoms with Crippen LogP contribution in [-0.2, 0) is 9.53 Å². The van der Waals surface area contributed by atoms with Crippen LogP contribution in [0.5, 0.6) is 0 Å². The first-order chi connectivity index (χ1) is 8.31. The van der Waals surface area contributed by atoms with Gasteiger partial charge in [-0.25, -0.2) is 0 Å². The Kier molecular flexibility index (Phi) is 5.40. The Morgan fingerprint density at radius 2 is 2.11 bits per heavy atom. The smallest absolute Gasteiger partial charge is 0.401 e. The standard InChI is InChI=1S/C11H18F3NO3/c1-2-18-10(17)5-9(16)6-15(8-3-4-8)7-11(12,13)14/h8-9,16H,2-7H2,1H3. The third-order valence-electron chi connectivity index (χ3n) is 2.60. The summed E-state index contributed by atoms with van der Waals surface area (Å²) in [7, 11) is 0. The maximum absolute atomic E-state index is 12.3. The van der Waals surface area contributed by atoms with Crippen LogP contribution in [-0.4, -0.2) is 54.0 Å². The Balaban J connectivity index is 2.38. The van der Waals surface area contributed by atoms with Crippen molar-refractivity contribution in [2.75, 3.05) is 19.7 Å². The lowest BCUT2D eigenvalue weighted by molar-refractivity contribution is -0.152. The van der Waals surface area contributed by atoms with Gasteiger partial charge in [0.15, 0.2) is 0 Å². The van der Waals surface area contributed by atoms with E-state index in [-0.39, 0.29) is 25.6 Å². The van der Waals surface area contributed by atoms with E-state index < -0.39 is 24.8 Å². The summed E-state index contributed by atoms with van der Waals surface area (Å²) < 4.78 is 41.6. The van der Waals surface area contributed by atoms with Gasteiger partial charge in [0.1, 0.15) is 0 Å². The molecule has 1 fully saturated rings. The minimum atomic E-state index is -4.29. The van der Waals surface area contributed by atoms with E-state index in [9.17, 15) is 23.1 Å². The highest BCUT2D eigenvalue weighted by molar-refractivity contribution is 5.69. The molecule has 0 spiro atoms. The molecule has 1 unspecified atom stereocenters. The molecular weight excluding hydrogens is 251 g/mol. The van der Waals surface area contributed by atoms with Crippen LogP contribution in [0.1, 0.15) is 26.2 Å². The van der Waals surface area contributed by atoms with Gasteiger partial charge in [-0.05, 0) is 19.8 Å². The van der Waals surface area contributed by atoms with Gasteiger partial charge in [-0.15, -0.1) is 0 Å². The zero-order valence-corrected chi connectivity index (χ0v) is 10.2. The number of hydrogen-bond donors (Lipinski definition) is 1. The third kappa shape index (κ3) is 6.20. The van der Waals surface area contributed by atoms with E-state index in [2.05, 4.69) is 4.74 Å². The lowest BCUT2D eigenvalue weighted by atomic mass is 10.2.